The van der Waals surface area contributed by atoms with Gasteiger partial charge in [-0.1, -0.05) is 0 Å². The van der Waals surface area contributed by atoms with Gasteiger partial charge < -0.3 is 9.57 Å². The van der Waals surface area contributed by atoms with Crippen LogP contribution in [0, 0.1) is 21.4 Å². The molecule has 0 aliphatic carbocycles. The number of ether oxygens (including phenoxy) is 1. The maximum absolute atomic E-state index is 11.9. The van der Waals surface area contributed by atoms with E-state index in [4.69, 9.17) is 9.57 Å². The first-order chi connectivity index (χ1) is 11.3. The number of carbonyl (C=O) groups is 1. The molecular weight excluding hydrogens is 314 g/mol. The molecule has 0 atom stereocenters. The predicted octanol–water partition coefficient (Wildman–Crippen LogP) is 2.58. The Morgan fingerprint density at radius 2 is 2.08 bits per heavy atom. The molecule has 2 heterocycles. The molecule has 2 rings (SSSR count). The van der Waals surface area contributed by atoms with Gasteiger partial charge in [0, 0.05) is 25.4 Å². The average Bonchev–Trinajstić information content (AvgIpc) is 2.53. The summed E-state index contributed by atoms with van der Waals surface area (Å²) in [4.78, 5) is 31.4. The number of nitrogens with zero attached hydrogens (tertiary/aromatic N) is 3. The molecule has 0 saturated carbocycles. The Morgan fingerprint density at radius 1 is 1.42 bits per heavy atom. The lowest BCUT2D eigenvalue weighted by atomic mass is 9.97. The third-order valence-corrected chi connectivity index (χ3v) is 3.83. The topological polar surface area (TPSA) is 94.8 Å². The van der Waals surface area contributed by atoms with Crippen molar-refractivity contribution in [3.63, 3.8) is 0 Å². The molecule has 1 fully saturated rings. The van der Waals surface area contributed by atoms with Gasteiger partial charge in [-0.25, -0.2) is 4.79 Å². The molecule has 0 unspecified atom stereocenters. The van der Waals surface area contributed by atoms with Crippen molar-refractivity contribution in [3.8, 4) is 5.75 Å². The highest BCUT2D eigenvalue weighted by atomic mass is 16.7. The molecule has 8 nitrogen and oxygen atoms in total. The zero-order valence-corrected chi connectivity index (χ0v) is 14.2. The SMILES string of the molecule is CC(C)(C)C(=O)ON1CCC(COc2ccncc2[N+](=O)[O-])CC1. The Labute approximate surface area is 140 Å². The lowest BCUT2D eigenvalue weighted by Gasteiger charge is -2.31. The molecular formula is C16H23N3O5. The molecule has 8 heteroatoms. The molecule has 24 heavy (non-hydrogen) atoms. The highest BCUT2D eigenvalue weighted by Crippen LogP contribution is 2.27. The number of nitro groups is 1. The first-order valence-corrected chi connectivity index (χ1v) is 7.96. The van der Waals surface area contributed by atoms with Crippen molar-refractivity contribution in [2.24, 2.45) is 11.3 Å². The largest absolute Gasteiger partial charge is 0.486 e. The second kappa shape index (κ2) is 7.57. The Kier molecular flexibility index (Phi) is 5.71. The fraction of sp³-hybridized carbons (Fsp3) is 0.625. The third-order valence-electron chi connectivity index (χ3n) is 3.83. The van der Waals surface area contributed by atoms with Crippen molar-refractivity contribution in [2.75, 3.05) is 19.7 Å². The van der Waals surface area contributed by atoms with Crippen molar-refractivity contribution < 1.29 is 19.3 Å². The van der Waals surface area contributed by atoms with Crippen molar-refractivity contribution in [3.05, 3.63) is 28.6 Å². The highest BCUT2D eigenvalue weighted by Gasteiger charge is 2.28. The van der Waals surface area contributed by atoms with Crippen molar-refractivity contribution in [1.82, 2.24) is 10.0 Å². The van der Waals surface area contributed by atoms with Gasteiger partial charge in [-0.05, 0) is 39.5 Å². The van der Waals surface area contributed by atoms with Gasteiger partial charge in [0.15, 0.2) is 5.75 Å². The number of aromatic nitrogens is 1. The van der Waals surface area contributed by atoms with Crippen molar-refractivity contribution in [2.45, 2.75) is 33.6 Å². The van der Waals surface area contributed by atoms with E-state index in [9.17, 15) is 14.9 Å². The zero-order valence-electron chi connectivity index (χ0n) is 14.2. The van der Waals surface area contributed by atoms with Crippen LogP contribution in [0.2, 0.25) is 0 Å². The predicted molar refractivity (Wildman–Crippen MR) is 86.2 cm³/mol. The van der Waals surface area contributed by atoms with Gasteiger partial charge in [-0.3, -0.25) is 15.1 Å². The summed E-state index contributed by atoms with van der Waals surface area (Å²) in [6.07, 6.45) is 4.26. The summed E-state index contributed by atoms with van der Waals surface area (Å²) >= 11 is 0. The number of piperidine rings is 1. The molecule has 132 valence electrons. The summed E-state index contributed by atoms with van der Waals surface area (Å²) in [6, 6.07) is 1.50. The summed E-state index contributed by atoms with van der Waals surface area (Å²) in [6.45, 7) is 7.11. The van der Waals surface area contributed by atoms with Crippen LogP contribution in [-0.2, 0) is 9.63 Å². The van der Waals surface area contributed by atoms with E-state index in [0.29, 0.717) is 19.7 Å². The number of hydroxylamine groups is 2. The van der Waals surface area contributed by atoms with Crippen LogP contribution in [0.3, 0.4) is 0 Å². The minimum atomic E-state index is -0.528. The van der Waals surface area contributed by atoms with Gasteiger partial charge in [0.2, 0.25) is 0 Å². The fourth-order valence-corrected chi connectivity index (χ4v) is 2.26. The van der Waals surface area contributed by atoms with Crippen molar-refractivity contribution >= 4 is 11.7 Å². The summed E-state index contributed by atoms with van der Waals surface area (Å²) in [5.41, 5.74) is -0.658. The van der Waals surface area contributed by atoms with Gasteiger partial charge in [-0.2, -0.15) is 0 Å². The maximum atomic E-state index is 11.9. The summed E-state index contributed by atoms with van der Waals surface area (Å²) in [5.74, 6) is 0.253. The normalized spacial score (nSPS) is 16.6. The van der Waals surface area contributed by atoms with Crippen LogP contribution in [0.4, 0.5) is 5.69 Å². The van der Waals surface area contributed by atoms with Gasteiger partial charge >= 0.3 is 11.7 Å². The Hall–Kier alpha value is -2.22. The maximum Gasteiger partial charge on any atom is 0.330 e. The van der Waals surface area contributed by atoms with Gasteiger partial charge in [0.1, 0.15) is 6.20 Å². The van der Waals surface area contributed by atoms with E-state index in [1.807, 2.05) is 20.8 Å². The molecule has 0 spiro atoms. The summed E-state index contributed by atoms with van der Waals surface area (Å²) in [5, 5.41) is 12.6. The number of hydrogen-bond donors (Lipinski definition) is 0. The third kappa shape index (κ3) is 4.89. The minimum Gasteiger partial charge on any atom is -0.486 e. The van der Waals surface area contributed by atoms with Crippen LogP contribution in [0.25, 0.3) is 0 Å². The van der Waals surface area contributed by atoms with Crippen LogP contribution >= 0.6 is 0 Å². The Balaban J connectivity index is 1.80. The number of pyridine rings is 1. The van der Waals surface area contributed by atoms with E-state index in [-0.39, 0.29) is 23.3 Å². The van der Waals surface area contributed by atoms with E-state index in [1.165, 1.54) is 18.5 Å². The second-order valence-electron chi connectivity index (χ2n) is 6.91. The molecule has 0 radical (unpaired) electrons. The van der Waals surface area contributed by atoms with Gasteiger partial charge in [-0.15, -0.1) is 5.06 Å². The van der Waals surface area contributed by atoms with E-state index < -0.39 is 10.3 Å². The molecule has 0 aromatic carbocycles. The van der Waals surface area contributed by atoms with Crippen LogP contribution < -0.4 is 4.74 Å². The van der Waals surface area contributed by atoms with Gasteiger partial charge in [0.05, 0.1) is 16.9 Å². The van der Waals surface area contributed by atoms with Crippen LogP contribution in [0.1, 0.15) is 33.6 Å². The molecule has 0 amide bonds. The van der Waals surface area contributed by atoms with E-state index >= 15 is 0 Å². The molecule has 1 aromatic heterocycles. The quantitative estimate of drug-likeness (QED) is 0.602. The zero-order chi connectivity index (χ0) is 17.7. The average molecular weight is 337 g/mol. The second-order valence-corrected chi connectivity index (χ2v) is 6.91. The number of carbonyl (C=O) groups excluding carboxylic acids is 1. The smallest absolute Gasteiger partial charge is 0.330 e. The number of hydrogen-bond acceptors (Lipinski definition) is 7. The molecule has 1 aliphatic rings. The monoisotopic (exact) mass is 337 g/mol. The summed E-state index contributed by atoms with van der Waals surface area (Å²) < 4.78 is 5.60. The lowest BCUT2D eigenvalue weighted by Crippen LogP contribution is -2.39. The Morgan fingerprint density at radius 3 is 2.67 bits per heavy atom. The van der Waals surface area contributed by atoms with E-state index in [0.717, 1.165) is 12.8 Å². The molecule has 0 N–H and O–H groups in total. The fourth-order valence-electron chi connectivity index (χ4n) is 2.26. The Bertz CT molecular complexity index is 592. The van der Waals surface area contributed by atoms with Crippen LogP contribution in [0.15, 0.2) is 18.5 Å². The van der Waals surface area contributed by atoms with E-state index in [2.05, 4.69) is 4.98 Å². The van der Waals surface area contributed by atoms with Crippen LogP contribution in [0.5, 0.6) is 5.75 Å². The van der Waals surface area contributed by atoms with E-state index in [1.54, 1.807) is 5.06 Å². The summed E-state index contributed by atoms with van der Waals surface area (Å²) in [7, 11) is 0. The highest BCUT2D eigenvalue weighted by molar-refractivity contribution is 5.75. The first kappa shape index (κ1) is 18.1. The van der Waals surface area contributed by atoms with Crippen LogP contribution in [-0.4, -0.2) is 40.6 Å². The standard InChI is InChI=1S/C16H23N3O5/c1-16(2,3)15(20)24-18-8-5-12(6-9-18)11-23-14-4-7-17-10-13(14)19(21)22/h4,7,10,12H,5-6,8-9,11H2,1-3H3. The number of rotatable bonds is 5. The molecule has 1 aliphatic heterocycles. The van der Waals surface area contributed by atoms with Gasteiger partial charge in [0.25, 0.3) is 0 Å². The lowest BCUT2D eigenvalue weighted by molar-refractivity contribution is -0.386. The molecule has 0 bridgehead atoms. The van der Waals surface area contributed by atoms with Crippen molar-refractivity contribution in [1.29, 1.82) is 0 Å². The first-order valence-electron chi connectivity index (χ1n) is 7.96. The molecule has 1 saturated heterocycles. The minimum absolute atomic E-state index is 0.131. The molecule has 1 aromatic rings.